The Morgan fingerprint density at radius 2 is 2.29 bits per heavy atom. The third-order valence-corrected chi connectivity index (χ3v) is 4.66. The van der Waals surface area contributed by atoms with Gasteiger partial charge in [-0.3, -0.25) is 4.68 Å². The van der Waals surface area contributed by atoms with E-state index in [1.165, 1.54) is 19.0 Å². The molecular formula is C13H24N4O3S. The van der Waals surface area contributed by atoms with E-state index in [4.69, 9.17) is 4.74 Å². The number of rotatable bonds is 10. The van der Waals surface area contributed by atoms with E-state index in [1.54, 1.807) is 10.9 Å². The molecule has 0 aliphatic heterocycles. The maximum absolute atomic E-state index is 12.1. The molecule has 1 aliphatic carbocycles. The summed E-state index contributed by atoms with van der Waals surface area (Å²) in [5.74, 6) is 0. The zero-order valence-corrected chi connectivity index (χ0v) is 13.4. The number of nitrogens with one attached hydrogen (secondary N) is 2. The Balaban J connectivity index is 1.82. The second-order valence-electron chi connectivity index (χ2n) is 5.29. The SMILES string of the molecule is CCOC(C)CNS(=O)(=O)c1cnn(CCNC2CC2)c1. The topological polar surface area (TPSA) is 85.2 Å². The van der Waals surface area contributed by atoms with Crippen molar-refractivity contribution in [3.63, 3.8) is 0 Å². The van der Waals surface area contributed by atoms with E-state index in [1.807, 2.05) is 13.8 Å². The van der Waals surface area contributed by atoms with Gasteiger partial charge in [0, 0.05) is 31.9 Å². The van der Waals surface area contributed by atoms with Crippen molar-refractivity contribution in [3.05, 3.63) is 12.4 Å². The molecule has 120 valence electrons. The molecule has 1 unspecified atom stereocenters. The Bertz CT molecular complexity index is 539. The van der Waals surface area contributed by atoms with Crippen molar-refractivity contribution in [2.45, 2.75) is 50.3 Å². The van der Waals surface area contributed by atoms with Gasteiger partial charge in [-0.15, -0.1) is 0 Å². The Morgan fingerprint density at radius 3 is 2.95 bits per heavy atom. The first-order valence-electron chi connectivity index (χ1n) is 7.38. The van der Waals surface area contributed by atoms with Gasteiger partial charge < -0.3 is 10.1 Å². The van der Waals surface area contributed by atoms with Crippen LogP contribution in [0.15, 0.2) is 17.3 Å². The van der Waals surface area contributed by atoms with Gasteiger partial charge >= 0.3 is 0 Å². The van der Waals surface area contributed by atoms with Gasteiger partial charge in [0.2, 0.25) is 10.0 Å². The third-order valence-electron chi connectivity index (χ3n) is 3.28. The molecule has 0 spiro atoms. The van der Waals surface area contributed by atoms with Crippen molar-refractivity contribution in [1.82, 2.24) is 19.8 Å². The Kier molecular flexibility index (Phi) is 5.74. The molecule has 2 rings (SSSR count). The highest BCUT2D eigenvalue weighted by Crippen LogP contribution is 2.18. The molecule has 0 amide bonds. The highest BCUT2D eigenvalue weighted by atomic mass is 32.2. The van der Waals surface area contributed by atoms with E-state index >= 15 is 0 Å². The Morgan fingerprint density at radius 1 is 1.52 bits per heavy atom. The lowest BCUT2D eigenvalue weighted by Crippen LogP contribution is -2.32. The minimum Gasteiger partial charge on any atom is -0.377 e. The molecule has 1 aliphatic rings. The van der Waals surface area contributed by atoms with Crippen LogP contribution in [0.25, 0.3) is 0 Å². The van der Waals surface area contributed by atoms with Crippen molar-refractivity contribution < 1.29 is 13.2 Å². The molecule has 1 heterocycles. The summed E-state index contributed by atoms with van der Waals surface area (Å²) in [4.78, 5) is 0.192. The molecular weight excluding hydrogens is 292 g/mol. The van der Waals surface area contributed by atoms with Crippen molar-refractivity contribution in [2.75, 3.05) is 19.7 Å². The standard InChI is InChI=1S/C13H24N4O3S/c1-3-20-11(2)8-16-21(18,19)13-9-15-17(10-13)7-6-14-12-4-5-12/h9-12,14,16H,3-8H2,1-2H3. The van der Waals surface area contributed by atoms with Gasteiger partial charge in [-0.2, -0.15) is 5.10 Å². The van der Waals surface area contributed by atoms with E-state index in [-0.39, 0.29) is 17.5 Å². The summed E-state index contributed by atoms with van der Waals surface area (Å²) in [6, 6.07) is 0.644. The average molecular weight is 316 g/mol. The van der Waals surface area contributed by atoms with Gasteiger partial charge in [0.1, 0.15) is 4.90 Å². The number of hydrogen-bond donors (Lipinski definition) is 2. The first-order chi connectivity index (χ1) is 10.0. The summed E-state index contributed by atoms with van der Waals surface area (Å²) in [7, 11) is -3.52. The van der Waals surface area contributed by atoms with Crippen LogP contribution in [0.2, 0.25) is 0 Å². The predicted octanol–water partition coefficient (Wildman–Crippen LogP) is 0.338. The maximum Gasteiger partial charge on any atom is 0.243 e. The second kappa shape index (κ2) is 7.35. The lowest BCUT2D eigenvalue weighted by Gasteiger charge is -2.12. The van der Waals surface area contributed by atoms with Crippen molar-refractivity contribution in [2.24, 2.45) is 0 Å². The van der Waals surface area contributed by atoms with Crippen molar-refractivity contribution in [1.29, 1.82) is 0 Å². The van der Waals surface area contributed by atoms with E-state index in [9.17, 15) is 8.42 Å². The average Bonchev–Trinajstić information content (AvgIpc) is 3.12. The monoisotopic (exact) mass is 316 g/mol. The molecule has 21 heavy (non-hydrogen) atoms. The molecule has 1 saturated carbocycles. The van der Waals surface area contributed by atoms with E-state index in [0.29, 0.717) is 19.2 Å². The van der Waals surface area contributed by atoms with Gasteiger partial charge in [-0.05, 0) is 26.7 Å². The number of aromatic nitrogens is 2. The van der Waals surface area contributed by atoms with Gasteiger partial charge in [-0.25, -0.2) is 13.1 Å². The smallest absolute Gasteiger partial charge is 0.243 e. The highest BCUT2D eigenvalue weighted by molar-refractivity contribution is 7.89. The molecule has 8 heteroatoms. The summed E-state index contributed by atoms with van der Waals surface area (Å²) >= 11 is 0. The minimum absolute atomic E-state index is 0.150. The lowest BCUT2D eigenvalue weighted by atomic mass is 10.4. The molecule has 0 aromatic carbocycles. The van der Waals surface area contributed by atoms with E-state index < -0.39 is 10.0 Å². The maximum atomic E-state index is 12.1. The van der Waals surface area contributed by atoms with Crippen LogP contribution in [0.3, 0.4) is 0 Å². The van der Waals surface area contributed by atoms with Crippen LogP contribution in [0.1, 0.15) is 26.7 Å². The quantitative estimate of drug-likeness (QED) is 0.650. The normalized spacial score (nSPS) is 17.0. The lowest BCUT2D eigenvalue weighted by molar-refractivity contribution is 0.0799. The predicted molar refractivity (Wildman–Crippen MR) is 79.5 cm³/mol. The fraction of sp³-hybridized carbons (Fsp3) is 0.769. The van der Waals surface area contributed by atoms with Crippen LogP contribution >= 0.6 is 0 Å². The molecule has 7 nitrogen and oxygen atoms in total. The summed E-state index contributed by atoms with van der Waals surface area (Å²) in [5, 5.41) is 7.45. The van der Waals surface area contributed by atoms with Crippen LogP contribution in [0.5, 0.6) is 0 Å². The molecule has 0 radical (unpaired) electrons. The zero-order chi connectivity index (χ0) is 15.3. The van der Waals surface area contributed by atoms with Crippen LogP contribution < -0.4 is 10.0 Å². The summed E-state index contributed by atoms with van der Waals surface area (Å²) in [6.45, 7) is 6.01. The molecule has 1 fully saturated rings. The van der Waals surface area contributed by atoms with Crippen molar-refractivity contribution >= 4 is 10.0 Å². The molecule has 2 N–H and O–H groups in total. The van der Waals surface area contributed by atoms with Crippen LogP contribution in [-0.4, -0.2) is 50.0 Å². The Hall–Kier alpha value is -0.960. The number of nitrogens with zero attached hydrogens (tertiary/aromatic N) is 2. The van der Waals surface area contributed by atoms with E-state index in [2.05, 4.69) is 15.1 Å². The van der Waals surface area contributed by atoms with Gasteiger partial charge in [0.25, 0.3) is 0 Å². The van der Waals surface area contributed by atoms with Crippen LogP contribution in [0.4, 0.5) is 0 Å². The number of ether oxygens (including phenoxy) is 1. The van der Waals surface area contributed by atoms with Crippen molar-refractivity contribution in [3.8, 4) is 0 Å². The summed E-state index contributed by atoms with van der Waals surface area (Å²) < 4.78 is 33.7. The highest BCUT2D eigenvalue weighted by Gasteiger charge is 2.20. The fourth-order valence-corrected chi connectivity index (χ4v) is 3.00. The van der Waals surface area contributed by atoms with Gasteiger partial charge in [-0.1, -0.05) is 0 Å². The molecule has 1 atom stereocenters. The van der Waals surface area contributed by atoms with E-state index in [0.717, 1.165) is 6.54 Å². The molecule has 1 aromatic heterocycles. The fourth-order valence-electron chi connectivity index (χ4n) is 1.93. The number of hydrogen-bond acceptors (Lipinski definition) is 5. The first kappa shape index (κ1) is 16.4. The van der Waals surface area contributed by atoms with Crippen LogP contribution in [0, 0.1) is 0 Å². The van der Waals surface area contributed by atoms with Gasteiger partial charge in [0.15, 0.2) is 0 Å². The minimum atomic E-state index is -3.52. The van der Waals surface area contributed by atoms with Crippen LogP contribution in [-0.2, 0) is 21.3 Å². The first-order valence-corrected chi connectivity index (χ1v) is 8.86. The largest absolute Gasteiger partial charge is 0.377 e. The Labute approximate surface area is 126 Å². The zero-order valence-electron chi connectivity index (χ0n) is 12.6. The van der Waals surface area contributed by atoms with Gasteiger partial charge in [0.05, 0.1) is 18.8 Å². The summed E-state index contributed by atoms with van der Waals surface area (Å²) in [5.41, 5.74) is 0. The molecule has 0 bridgehead atoms. The summed E-state index contributed by atoms with van der Waals surface area (Å²) in [6.07, 6.45) is 5.26. The third kappa shape index (κ3) is 5.39. The molecule has 0 saturated heterocycles. The number of sulfonamides is 1. The second-order valence-corrected chi connectivity index (χ2v) is 7.05. The molecule has 1 aromatic rings.